The van der Waals surface area contributed by atoms with E-state index in [1.54, 1.807) is 30.8 Å². The maximum absolute atomic E-state index is 14.3. The van der Waals surface area contributed by atoms with Gasteiger partial charge in [0.2, 0.25) is 23.6 Å². The molecule has 0 saturated carbocycles. The highest BCUT2D eigenvalue weighted by atomic mass is 16.5. The molecule has 0 aromatic heterocycles. The molecule has 0 aliphatic carbocycles. The number of carboxylic acids is 1. The summed E-state index contributed by atoms with van der Waals surface area (Å²) < 4.78 is 17.4. The number of nitrogens with zero attached hydrogens (tertiary/aromatic N) is 2. The number of ether oxygens (including phenoxy) is 3. The predicted octanol–water partition coefficient (Wildman–Crippen LogP) is 2.24. The average molecular weight is 833 g/mol. The van der Waals surface area contributed by atoms with Gasteiger partial charge in [-0.3, -0.25) is 24.0 Å². The molecule has 334 valence electrons. The topological polar surface area (TPSA) is 205 Å². The van der Waals surface area contributed by atoms with Crippen LogP contribution in [-0.2, 0) is 49.4 Å². The number of rotatable bonds is 26. The van der Waals surface area contributed by atoms with E-state index in [0.717, 1.165) is 5.56 Å². The van der Waals surface area contributed by atoms with Crippen LogP contribution in [0.25, 0.3) is 0 Å². The number of esters is 1. The quantitative estimate of drug-likeness (QED) is 0.0674. The van der Waals surface area contributed by atoms with Crippen LogP contribution in [0.15, 0.2) is 30.3 Å². The molecule has 16 heteroatoms. The standard InChI is InChI=1S/C43H72N6O10/c1-12-28(6)38(48(9)42(55)37(27(4)5)47-41(54)36(44-8)26(2)3)33(57-10)24-34(50)49-21-16-19-32(49)39(58-11)29(7)40(53)46-31(23-30-17-14-13-15-18-30)43(56)59-22-20-45-25-35(51)52/h13-15,17-18,26-29,31-33,36-39,44-45H,12,16,19-25H2,1-11H3,(H,46,53)(H,47,54)(H,51,52)/t28-,29+,31-,32-,33+,36-,37-,38-,39+/m0/s1. The van der Waals surface area contributed by atoms with Gasteiger partial charge in [-0.2, -0.15) is 0 Å². The summed E-state index contributed by atoms with van der Waals surface area (Å²) in [6.07, 6.45) is 0.722. The van der Waals surface area contributed by atoms with Gasteiger partial charge in [0.15, 0.2) is 0 Å². The van der Waals surface area contributed by atoms with Gasteiger partial charge in [-0.15, -0.1) is 0 Å². The first-order valence-electron chi connectivity index (χ1n) is 21.0. The van der Waals surface area contributed by atoms with E-state index in [4.69, 9.17) is 19.3 Å². The minimum absolute atomic E-state index is 0.00867. The van der Waals surface area contributed by atoms with E-state index in [0.29, 0.717) is 25.8 Å². The zero-order valence-corrected chi connectivity index (χ0v) is 37.1. The van der Waals surface area contributed by atoms with Crippen molar-refractivity contribution in [3.8, 4) is 0 Å². The number of likely N-dealkylation sites (N-methyl/N-ethyl adjacent to an activating group) is 2. The van der Waals surface area contributed by atoms with Gasteiger partial charge >= 0.3 is 11.9 Å². The molecular weight excluding hydrogens is 761 g/mol. The lowest BCUT2D eigenvalue weighted by Crippen LogP contribution is -2.59. The molecule has 4 amide bonds. The van der Waals surface area contributed by atoms with Crippen molar-refractivity contribution in [3.05, 3.63) is 35.9 Å². The fourth-order valence-electron chi connectivity index (χ4n) is 7.92. The molecule has 59 heavy (non-hydrogen) atoms. The van der Waals surface area contributed by atoms with Crippen molar-refractivity contribution in [2.75, 3.05) is 54.6 Å². The van der Waals surface area contributed by atoms with Crippen molar-refractivity contribution in [1.29, 1.82) is 0 Å². The Bertz CT molecular complexity index is 1500. The first kappa shape index (κ1) is 51.0. The van der Waals surface area contributed by atoms with Gasteiger partial charge in [-0.05, 0) is 43.2 Å². The molecule has 0 radical (unpaired) electrons. The number of aliphatic carboxylic acids is 1. The Labute approximate surface area is 351 Å². The number of hydrogen-bond acceptors (Lipinski definition) is 11. The van der Waals surface area contributed by atoms with Crippen LogP contribution in [0, 0.1) is 23.7 Å². The molecule has 1 heterocycles. The molecule has 0 unspecified atom stereocenters. The molecule has 1 saturated heterocycles. The van der Waals surface area contributed by atoms with Crippen molar-refractivity contribution in [2.24, 2.45) is 23.7 Å². The highest BCUT2D eigenvalue weighted by Crippen LogP contribution is 2.30. The first-order valence-corrected chi connectivity index (χ1v) is 21.0. The Morgan fingerprint density at radius 1 is 0.915 bits per heavy atom. The molecule has 0 bridgehead atoms. The lowest BCUT2D eigenvalue weighted by atomic mass is 9.89. The van der Waals surface area contributed by atoms with Crippen LogP contribution >= 0.6 is 0 Å². The Hall–Kier alpha value is -4.12. The van der Waals surface area contributed by atoms with Crippen molar-refractivity contribution < 1.29 is 48.1 Å². The Balaban J connectivity index is 2.27. The van der Waals surface area contributed by atoms with Gasteiger partial charge < -0.3 is 50.4 Å². The van der Waals surface area contributed by atoms with E-state index in [-0.39, 0.29) is 68.0 Å². The largest absolute Gasteiger partial charge is 0.480 e. The van der Waals surface area contributed by atoms with Gasteiger partial charge in [0, 0.05) is 40.8 Å². The number of amides is 4. The molecule has 5 N–H and O–H groups in total. The number of carbonyl (C=O) groups excluding carboxylic acids is 5. The summed E-state index contributed by atoms with van der Waals surface area (Å²) in [4.78, 5) is 83.0. The van der Waals surface area contributed by atoms with E-state index in [2.05, 4.69) is 21.3 Å². The van der Waals surface area contributed by atoms with Crippen LogP contribution in [0.5, 0.6) is 0 Å². The van der Waals surface area contributed by atoms with Crippen molar-refractivity contribution in [1.82, 2.24) is 31.1 Å². The number of hydrogen-bond donors (Lipinski definition) is 5. The fraction of sp³-hybridized carbons (Fsp3) is 0.721. The summed E-state index contributed by atoms with van der Waals surface area (Å²) in [6.45, 7) is 13.6. The number of carbonyl (C=O) groups is 6. The molecule has 9 atom stereocenters. The maximum atomic E-state index is 14.3. The lowest BCUT2D eigenvalue weighted by molar-refractivity contribution is -0.150. The number of likely N-dealkylation sites (tertiary alicyclic amines) is 1. The van der Waals surface area contributed by atoms with Crippen LogP contribution in [-0.4, -0.2) is 147 Å². The minimum atomic E-state index is -1.04. The maximum Gasteiger partial charge on any atom is 0.329 e. The normalized spacial score (nSPS) is 18.3. The molecule has 1 fully saturated rings. The monoisotopic (exact) mass is 833 g/mol. The van der Waals surface area contributed by atoms with Gasteiger partial charge in [0.1, 0.15) is 18.7 Å². The van der Waals surface area contributed by atoms with Gasteiger partial charge in [-0.1, -0.05) is 85.2 Å². The van der Waals surface area contributed by atoms with Gasteiger partial charge in [0.05, 0.1) is 49.2 Å². The zero-order valence-electron chi connectivity index (χ0n) is 37.1. The molecule has 1 aliphatic rings. The summed E-state index contributed by atoms with van der Waals surface area (Å²) >= 11 is 0. The van der Waals surface area contributed by atoms with Crippen LogP contribution in [0.3, 0.4) is 0 Å². The molecule has 1 aromatic carbocycles. The second-order valence-electron chi connectivity index (χ2n) is 16.3. The van der Waals surface area contributed by atoms with Crippen LogP contribution in [0.1, 0.15) is 79.7 Å². The third-order valence-corrected chi connectivity index (χ3v) is 11.4. The van der Waals surface area contributed by atoms with Crippen LogP contribution in [0.4, 0.5) is 0 Å². The minimum Gasteiger partial charge on any atom is -0.480 e. The highest BCUT2D eigenvalue weighted by molar-refractivity contribution is 5.90. The fourth-order valence-corrected chi connectivity index (χ4v) is 7.92. The van der Waals surface area contributed by atoms with Crippen LogP contribution < -0.4 is 21.3 Å². The number of benzene rings is 1. The summed E-state index contributed by atoms with van der Waals surface area (Å²) in [5.41, 5.74) is 0.802. The van der Waals surface area contributed by atoms with E-state index in [1.807, 2.05) is 71.9 Å². The second kappa shape index (κ2) is 25.5. The molecular formula is C43H72N6O10. The first-order chi connectivity index (χ1) is 27.9. The van der Waals surface area contributed by atoms with Crippen LogP contribution in [0.2, 0.25) is 0 Å². The highest BCUT2D eigenvalue weighted by Gasteiger charge is 2.43. The SMILES string of the molecule is CC[C@H](C)[C@@H]([C@@H](CC(=O)N1CCC[C@H]1[C@H](OC)[C@@H](C)C(=O)N[C@@H](Cc1ccccc1)C(=O)OCCNCC(=O)O)OC)N(C)C(=O)[C@@H](NC(=O)[C@@H](NC)C(C)C)C(C)C. The summed E-state index contributed by atoms with van der Waals surface area (Å²) in [7, 11) is 6.44. The van der Waals surface area contributed by atoms with E-state index in [1.165, 1.54) is 14.2 Å². The van der Waals surface area contributed by atoms with Crippen molar-refractivity contribution in [3.63, 3.8) is 0 Å². The Morgan fingerprint density at radius 2 is 1.56 bits per heavy atom. The lowest BCUT2D eigenvalue weighted by Gasteiger charge is -2.41. The smallest absolute Gasteiger partial charge is 0.329 e. The molecule has 1 aromatic rings. The molecule has 1 aliphatic heterocycles. The summed E-state index contributed by atoms with van der Waals surface area (Å²) in [6, 6.07) is 5.93. The third kappa shape index (κ3) is 15.1. The molecule has 16 nitrogen and oxygen atoms in total. The van der Waals surface area contributed by atoms with E-state index < -0.39 is 66.2 Å². The molecule has 2 rings (SSSR count). The number of carboxylic acid groups (broad SMARTS) is 1. The third-order valence-electron chi connectivity index (χ3n) is 11.4. The Kier molecular flexibility index (Phi) is 22.0. The van der Waals surface area contributed by atoms with Crippen molar-refractivity contribution >= 4 is 35.6 Å². The zero-order chi connectivity index (χ0) is 44.4. The predicted molar refractivity (Wildman–Crippen MR) is 224 cm³/mol. The molecule has 0 spiro atoms. The summed E-state index contributed by atoms with van der Waals surface area (Å²) in [5, 5.41) is 20.4. The Morgan fingerprint density at radius 3 is 2.10 bits per heavy atom. The summed E-state index contributed by atoms with van der Waals surface area (Å²) in [5.74, 6) is -3.92. The van der Waals surface area contributed by atoms with Gasteiger partial charge in [0.25, 0.3) is 0 Å². The average Bonchev–Trinajstić information content (AvgIpc) is 3.68. The number of nitrogens with one attached hydrogen (secondary N) is 4. The van der Waals surface area contributed by atoms with Crippen molar-refractivity contribution in [2.45, 2.75) is 123 Å². The van der Waals surface area contributed by atoms with E-state index >= 15 is 0 Å². The second-order valence-corrected chi connectivity index (χ2v) is 16.3. The number of methoxy groups -OCH3 is 2. The van der Waals surface area contributed by atoms with E-state index in [9.17, 15) is 28.8 Å². The van der Waals surface area contributed by atoms with Gasteiger partial charge in [-0.25, -0.2) is 4.79 Å².